The Bertz CT molecular complexity index is 911. The van der Waals surface area contributed by atoms with E-state index in [-0.39, 0.29) is 11.9 Å². The molecule has 150 valence electrons. The second kappa shape index (κ2) is 8.62. The van der Waals surface area contributed by atoms with Crippen molar-refractivity contribution in [1.29, 1.82) is 0 Å². The quantitative estimate of drug-likeness (QED) is 0.776. The molecule has 2 amide bonds. The lowest BCUT2D eigenvalue weighted by Gasteiger charge is -2.14. The van der Waals surface area contributed by atoms with Gasteiger partial charge in [-0.05, 0) is 47.7 Å². The summed E-state index contributed by atoms with van der Waals surface area (Å²) in [6.45, 7) is 1.47. The molecule has 28 heavy (non-hydrogen) atoms. The first-order valence-corrected chi connectivity index (χ1v) is 10.9. The molecule has 0 saturated carbocycles. The number of methoxy groups -OCH3 is 1. The summed E-state index contributed by atoms with van der Waals surface area (Å²) in [7, 11) is -1.53. The van der Waals surface area contributed by atoms with Crippen LogP contribution in [0.5, 0.6) is 5.75 Å². The highest BCUT2D eigenvalue weighted by Crippen LogP contribution is 2.29. The van der Waals surface area contributed by atoms with Gasteiger partial charge < -0.3 is 15.4 Å². The van der Waals surface area contributed by atoms with E-state index in [1.807, 2.05) is 48.5 Å². The highest BCUT2D eigenvalue weighted by molar-refractivity contribution is 7.88. The number of rotatable bonds is 6. The zero-order chi connectivity index (χ0) is 20.1. The van der Waals surface area contributed by atoms with Gasteiger partial charge in [-0.1, -0.05) is 24.3 Å². The lowest BCUT2D eigenvalue weighted by Crippen LogP contribution is -2.28. The van der Waals surface area contributed by atoms with Gasteiger partial charge in [-0.2, -0.15) is 0 Å². The van der Waals surface area contributed by atoms with E-state index in [0.717, 1.165) is 23.3 Å². The van der Waals surface area contributed by atoms with E-state index in [9.17, 15) is 13.2 Å². The van der Waals surface area contributed by atoms with E-state index < -0.39 is 10.0 Å². The largest absolute Gasteiger partial charge is 0.497 e. The fraction of sp³-hybridized carbons (Fsp3) is 0.350. The number of hydrogen-bond acceptors (Lipinski definition) is 4. The first-order chi connectivity index (χ1) is 13.3. The van der Waals surface area contributed by atoms with E-state index in [4.69, 9.17) is 4.74 Å². The molecular weight excluding hydrogens is 378 g/mol. The Morgan fingerprint density at radius 1 is 1.14 bits per heavy atom. The van der Waals surface area contributed by atoms with Crippen molar-refractivity contribution in [2.75, 3.05) is 31.8 Å². The Morgan fingerprint density at radius 2 is 1.82 bits per heavy atom. The van der Waals surface area contributed by atoms with Crippen molar-refractivity contribution < 1.29 is 17.9 Å². The number of anilines is 1. The van der Waals surface area contributed by atoms with Crippen molar-refractivity contribution >= 4 is 21.7 Å². The zero-order valence-corrected chi connectivity index (χ0v) is 16.8. The van der Waals surface area contributed by atoms with Crippen LogP contribution in [-0.4, -0.2) is 45.2 Å². The molecule has 1 fully saturated rings. The summed E-state index contributed by atoms with van der Waals surface area (Å²) in [5.74, 6) is 0.961. The van der Waals surface area contributed by atoms with E-state index in [1.165, 1.54) is 10.6 Å². The van der Waals surface area contributed by atoms with Gasteiger partial charge in [-0.25, -0.2) is 17.5 Å². The minimum Gasteiger partial charge on any atom is -0.497 e. The molecule has 1 aliphatic heterocycles. The van der Waals surface area contributed by atoms with Gasteiger partial charge in [0.2, 0.25) is 10.0 Å². The summed E-state index contributed by atoms with van der Waals surface area (Å²) in [5.41, 5.74) is 2.74. The van der Waals surface area contributed by atoms with Crippen LogP contribution < -0.4 is 15.4 Å². The molecule has 7 nitrogen and oxygen atoms in total. The van der Waals surface area contributed by atoms with Crippen LogP contribution in [0.25, 0.3) is 0 Å². The zero-order valence-electron chi connectivity index (χ0n) is 16.0. The second-order valence-corrected chi connectivity index (χ2v) is 8.87. The first-order valence-electron chi connectivity index (χ1n) is 9.08. The average Bonchev–Trinajstić information content (AvgIpc) is 3.18. The topological polar surface area (TPSA) is 87.7 Å². The minimum absolute atomic E-state index is 0.188. The molecule has 2 N–H and O–H groups in total. The van der Waals surface area contributed by atoms with Crippen molar-refractivity contribution in [1.82, 2.24) is 9.62 Å². The van der Waals surface area contributed by atoms with Crippen LogP contribution in [0.4, 0.5) is 10.5 Å². The van der Waals surface area contributed by atoms with Crippen molar-refractivity contribution in [3.05, 3.63) is 59.7 Å². The molecule has 8 heteroatoms. The highest BCUT2D eigenvalue weighted by atomic mass is 32.2. The molecule has 3 rings (SSSR count). The molecule has 0 spiro atoms. The van der Waals surface area contributed by atoms with E-state index in [2.05, 4.69) is 10.6 Å². The molecule has 2 aromatic rings. The molecule has 2 aromatic carbocycles. The lowest BCUT2D eigenvalue weighted by atomic mass is 9.98. The monoisotopic (exact) mass is 403 g/mol. The van der Waals surface area contributed by atoms with E-state index >= 15 is 0 Å². The third-order valence-electron chi connectivity index (χ3n) is 4.87. The van der Waals surface area contributed by atoms with Crippen molar-refractivity contribution in [3.8, 4) is 5.75 Å². The SMILES string of the molecule is COc1ccc(CNC(=O)Nc2ccc([C@@H]3CCN(S(C)(=O)=O)C3)cc2)cc1. The van der Waals surface area contributed by atoms with Crippen molar-refractivity contribution in [2.24, 2.45) is 0 Å². The van der Waals surface area contributed by atoms with Crippen LogP contribution in [0.2, 0.25) is 0 Å². The van der Waals surface area contributed by atoms with Gasteiger partial charge in [0.05, 0.1) is 13.4 Å². The van der Waals surface area contributed by atoms with Crippen molar-refractivity contribution in [2.45, 2.75) is 18.9 Å². The molecular formula is C20H25N3O4S. The van der Waals surface area contributed by atoms with Crippen LogP contribution in [0.1, 0.15) is 23.5 Å². The lowest BCUT2D eigenvalue weighted by molar-refractivity contribution is 0.251. The summed E-state index contributed by atoms with van der Waals surface area (Å²) in [5, 5.41) is 5.62. The number of nitrogens with zero attached hydrogens (tertiary/aromatic N) is 1. The number of hydrogen-bond donors (Lipinski definition) is 2. The maximum atomic E-state index is 12.1. The van der Waals surface area contributed by atoms with Crippen LogP contribution in [-0.2, 0) is 16.6 Å². The number of nitrogens with one attached hydrogen (secondary N) is 2. The molecule has 0 radical (unpaired) electrons. The Morgan fingerprint density at radius 3 is 2.39 bits per heavy atom. The average molecular weight is 404 g/mol. The number of urea groups is 1. The van der Waals surface area contributed by atoms with E-state index in [1.54, 1.807) is 7.11 Å². The van der Waals surface area contributed by atoms with Crippen molar-refractivity contribution in [3.63, 3.8) is 0 Å². The van der Waals surface area contributed by atoms with Gasteiger partial charge in [0.15, 0.2) is 0 Å². The fourth-order valence-electron chi connectivity index (χ4n) is 3.24. The van der Waals surface area contributed by atoms with Gasteiger partial charge in [-0.15, -0.1) is 0 Å². The highest BCUT2D eigenvalue weighted by Gasteiger charge is 2.29. The molecule has 0 aromatic heterocycles. The number of benzene rings is 2. The van der Waals surface area contributed by atoms with Gasteiger partial charge in [-0.3, -0.25) is 0 Å². The fourth-order valence-corrected chi connectivity index (χ4v) is 4.13. The molecule has 1 saturated heterocycles. The Balaban J connectivity index is 1.50. The number of sulfonamides is 1. The molecule has 1 heterocycles. The molecule has 0 bridgehead atoms. The number of ether oxygens (including phenoxy) is 1. The number of amides is 2. The summed E-state index contributed by atoms with van der Waals surface area (Å²) in [4.78, 5) is 12.1. The van der Waals surface area contributed by atoms with Gasteiger partial charge in [0, 0.05) is 25.3 Å². The summed E-state index contributed by atoms with van der Waals surface area (Å²) >= 11 is 0. The van der Waals surface area contributed by atoms with E-state index in [0.29, 0.717) is 25.3 Å². The van der Waals surface area contributed by atoms with Crippen LogP contribution in [0.15, 0.2) is 48.5 Å². The normalized spacial score (nSPS) is 17.3. The summed E-state index contributed by atoms with van der Waals surface area (Å²) < 4.78 is 29.9. The summed E-state index contributed by atoms with van der Waals surface area (Å²) in [6.07, 6.45) is 2.05. The molecule has 1 atom stereocenters. The first kappa shape index (κ1) is 20.2. The van der Waals surface area contributed by atoms with Gasteiger partial charge in [0.1, 0.15) is 5.75 Å². The van der Waals surface area contributed by atoms with Crippen LogP contribution in [0, 0.1) is 0 Å². The Kier molecular flexibility index (Phi) is 6.21. The standard InChI is InChI=1S/C20H25N3O4S/c1-27-19-9-3-15(4-10-19)13-21-20(24)22-18-7-5-16(6-8-18)17-11-12-23(14-17)28(2,25)26/h3-10,17H,11-14H2,1-2H3,(H2,21,22,24)/t17-/m1/s1. The third kappa shape index (κ3) is 5.24. The molecule has 1 aliphatic rings. The summed E-state index contributed by atoms with van der Waals surface area (Å²) in [6, 6.07) is 14.8. The molecule has 0 aliphatic carbocycles. The molecule has 0 unspecified atom stereocenters. The Hall–Kier alpha value is -2.58. The smallest absolute Gasteiger partial charge is 0.319 e. The number of carbonyl (C=O) groups is 1. The maximum absolute atomic E-state index is 12.1. The predicted octanol–water partition coefficient (Wildman–Crippen LogP) is 2.77. The van der Waals surface area contributed by atoms with Crippen LogP contribution in [0.3, 0.4) is 0 Å². The van der Waals surface area contributed by atoms with Crippen LogP contribution >= 0.6 is 0 Å². The van der Waals surface area contributed by atoms with Gasteiger partial charge in [0.25, 0.3) is 0 Å². The minimum atomic E-state index is -3.14. The Labute approximate surface area is 165 Å². The third-order valence-corrected chi connectivity index (χ3v) is 6.14. The second-order valence-electron chi connectivity index (χ2n) is 6.88. The van der Waals surface area contributed by atoms with Gasteiger partial charge >= 0.3 is 6.03 Å². The number of carbonyl (C=O) groups excluding carboxylic acids is 1. The predicted molar refractivity (Wildman–Crippen MR) is 109 cm³/mol. The maximum Gasteiger partial charge on any atom is 0.319 e.